The largest absolute Gasteiger partial charge is 0.481 e. The number of carboxylic acids is 1. The minimum Gasteiger partial charge on any atom is -0.481 e. The molecule has 0 saturated heterocycles. The average molecular weight is 554 g/mol. The van der Waals surface area contributed by atoms with Crippen LogP contribution in [0.1, 0.15) is 37.0 Å². The number of anilines is 1. The maximum Gasteiger partial charge on any atom is 0.412 e. The Morgan fingerprint density at radius 2 is 1.76 bits per heavy atom. The molecule has 0 bridgehead atoms. The summed E-state index contributed by atoms with van der Waals surface area (Å²) in [5.41, 5.74) is 2.15. The summed E-state index contributed by atoms with van der Waals surface area (Å²) in [5, 5.41) is 12.1. The van der Waals surface area contributed by atoms with Gasteiger partial charge in [-0.25, -0.2) is 9.18 Å². The minimum atomic E-state index is -0.968. The fourth-order valence-corrected chi connectivity index (χ4v) is 5.53. The highest BCUT2D eigenvalue weighted by molar-refractivity contribution is 7.14. The fourth-order valence-electron chi connectivity index (χ4n) is 4.50. The predicted molar refractivity (Wildman–Crippen MR) is 144 cm³/mol. The molecule has 0 radical (unpaired) electrons. The first-order chi connectivity index (χ1) is 18.2. The number of amides is 1. The average Bonchev–Trinajstić information content (AvgIpc) is 3.62. The maximum absolute atomic E-state index is 14.6. The molecule has 1 aromatic heterocycles. The molecule has 3 aromatic carbocycles. The lowest BCUT2D eigenvalue weighted by atomic mass is 9.89. The van der Waals surface area contributed by atoms with Crippen molar-refractivity contribution >= 4 is 40.7 Å². The highest BCUT2D eigenvalue weighted by atomic mass is 35.5. The molecule has 1 saturated carbocycles. The van der Waals surface area contributed by atoms with Crippen molar-refractivity contribution in [3.8, 4) is 21.6 Å². The van der Waals surface area contributed by atoms with E-state index in [0.717, 1.165) is 28.5 Å². The van der Waals surface area contributed by atoms with Crippen molar-refractivity contribution in [3.63, 3.8) is 0 Å². The van der Waals surface area contributed by atoms with Crippen LogP contribution in [-0.2, 0) is 14.9 Å². The normalized spacial score (nSPS) is 14.5. The van der Waals surface area contributed by atoms with E-state index in [-0.39, 0.29) is 16.3 Å². The van der Waals surface area contributed by atoms with Crippen molar-refractivity contribution in [3.05, 3.63) is 99.9 Å². The van der Waals surface area contributed by atoms with Gasteiger partial charge in [-0.15, -0.1) is 11.3 Å². The summed E-state index contributed by atoms with van der Waals surface area (Å²) in [6, 6.07) is 20.0. The Morgan fingerprint density at radius 3 is 2.42 bits per heavy atom. The molecule has 1 atom stereocenters. The van der Waals surface area contributed by atoms with Gasteiger partial charge < -0.3 is 9.84 Å². The van der Waals surface area contributed by atoms with Crippen molar-refractivity contribution < 1.29 is 28.2 Å². The Kier molecular flexibility index (Phi) is 6.94. The van der Waals surface area contributed by atoms with Crippen molar-refractivity contribution in [1.29, 1.82) is 0 Å². The molecule has 1 fully saturated rings. The van der Waals surface area contributed by atoms with E-state index in [1.165, 1.54) is 25.1 Å². The summed E-state index contributed by atoms with van der Waals surface area (Å²) in [7, 11) is 0. The van der Waals surface area contributed by atoms with Gasteiger partial charge in [-0.2, -0.15) is 4.39 Å². The third-order valence-corrected chi connectivity index (χ3v) is 7.88. The number of halogens is 3. The molecule has 38 heavy (non-hydrogen) atoms. The second-order valence-corrected chi connectivity index (χ2v) is 10.6. The van der Waals surface area contributed by atoms with E-state index in [9.17, 15) is 23.5 Å². The topological polar surface area (TPSA) is 75.6 Å². The zero-order chi connectivity index (χ0) is 27.0. The Bertz CT molecular complexity index is 1540. The second kappa shape index (κ2) is 10.2. The van der Waals surface area contributed by atoms with E-state index in [1.54, 1.807) is 12.1 Å². The first-order valence-corrected chi connectivity index (χ1v) is 13.0. The molecule has 5 rings (SSSR count). The molecule has 1 amide bonds. The maximum atomic E-state index is 14.6. The Labute approximate surface area is 226 Å². The molecule has 194 valence electrons. The van der Waals surface area contributed by atoms with Crippen LogP contribution >= 0.6 is 22.9 Å². The van der Waals surface area contributed by atoms with Gasteiger partial charge in [0.15, 0.2) is 5.13 Å². The lowest BCUT2D eigenvalue weighted by Gasteiger charge is -2.17. The van der Waals surface area contributed by atoms with Crippen molar-refractivity contribution in [1.82, 2.24) is 0 Å². The summed E-state index contributed by atoms with van der Waals surface area (Å²) in [5.74, 6) is -1.52. The number of carbonyl (C=O) groups is 2. The van der Waals surface area contributed by atoms with Gasteiger partial charge in [0.1, 0.15) is 11.9 Å². The van der Waals surface area contributed by atoms with E-state index in [2.05, 4.69) is 5.32 Å². The standard InChI is InChI=1S/C29H22ClF2NO4S/c1-16(20-10-8-19(30)14-23(20)31)37-28(36)33-24-15-25(32)38-26(24)22-13-18(29(11-12-29)27(34)35)7-9-21(22)17-5-3-2-4-6-17/h2-10,13-16H,11-12H2,1H3,(H,33,36)(H,34,35). The lowest BCUT2D eigenvalue weighted by Crippen LogP contribution is -2.19. The van der Waals surface area contributed by atoms with E-state index in [1.807, 2.05) is 36.4 Å². The van der Waals surface area contributed by atoms with E-state index >= 15 is 0 Å². The number of thiophene rings is 1. The van der Waals surface area contributed by atoms with Crippen LogP contribution in [0.2, 0.25) is 5.02 Å². The van der Waals surface area contributed by atoms with Gasteiger partial charge in [0.2, 0.25) is 0 Å². The van der Waals surface area contributed by atoms with Gasteiger partial charge >= 0.3 is 12.1 Å². The van der Waals surface area contributed by atoms with Crippen LogP contribution in [0.15, 0.2) is 72.8 Å². The molecule has 0 spiro atoms. The van der Waals surface area contributed by atoms with Gasteiger partial charge in [-0.1, -0.05) is 60.1 Å². The number of carboxylic acid groups (broad SMARTS) is 1. The van der Waals surface area contributed by atoms with Crippen molar-refractivity contribution in [2.45, 2.75) is 31.3 Å². The molecule has 1 heterocycles. The SMILES string of the molecule is CC(OC(=O)Nc1cc(F)sc1-c1cc(C2(C(=O)O)CC2)ccc1-c1ccccc1)c1ccc(Cl)cc1F. The number of aliphatic carboxylic acids is 1. The van der Waals surface area contributed by atoms with E-state index in [0.29, 0.717) is 28.8 Å². The molecular weight excluding hydrogens is 532 g/mol. The highest BCUT2D eigenvalue weighted by Gasteiger charge is 2.52. The molecule has 1 unspecified atom stereocenters. The number of nitrogens with one attached hydrogen (secondary N) is 1. The van der Waals surface area contributed by atoms with Gasteiger partial charge in [0, 0.05) is 22.2 Å². The monoisotopic (exact) mass is 553 g/mol. The van der Waals surface area contributed by atoms with Gasteiger partial charge in [0.05, 0.1) is 16.0 Å². The number of rotatable bonds is 7. The number of hydrogen-bond acceptors (Lipinski definition) is 4. The number of benzene rings is 3. The van der Waals surface area contributed by atoms with E-state index in [4.69, 9.17) is 16.3 Å². The first-order valence-electron chi connectivity index (χ1n) is 11.8. The molecule has 0 aliphatic heterocycles. The van der Waals surface area contributed by atoms with Gasteiger partial charge in [-0.05, 0) is 54.7 Å². The molecule has 5 nitrogen and oxygen atoms in total. The summed E-state index contributed by atoms with van der Waals surface area (Å²) < 4.78 is 34.3. The quantitative estimate of drug-likeness (QED) is 0.241. The lowest BCUT2D eigenvalue weighted by molar-refractivity contribution is -0.140. The molecule has 1 aliphatic rings. The van der Waals surface area contributed by atoms with Crippen LogP contribution in [0.25, 0.3) is 21.6 Å². The molecule has 1 aliphatic carbocycles. The van der Waals surface area contributed by atoms with Crippen LogP contribution in [0, 0.1) is 10.9 Å². The van der Waals surface area contributed by atoms with Crippen LogP contribution < -0.4 is 5.32 Å². The first kappa shape index (κ1) is 25.9. The van der Waals surface area contributed by atoms with Crippen LogP contribution in [-0.4, -0.2) is 17.2 Å². The molecule has 4 aromatic rings. The molecular formula is C29H22ClF2NO4S. The van der Waals surface area contributed by atoms with Crippen LogP contribution in [0.4, 0.5) is 19.3 Å². The summed E-state index contributed by atoms with van der Waals surface area (Å²) in [4.78, 5) is 25.2. The minimum absolute atomic E-state index is 0.142. The Balaban J connectivity index is 1.50. The van der Waals surface area contributed by atoms with E-state index < -0.39 is 34.5 Å². The summed E-state index contributed by atoms with van der Waals surface area (Å²) >= 11 is 6.63. The number of carbonyl (C=O) groups excluding carboxylic acids is 1. The zero-order valence-electron chi connectivity index (χ0n) is 20.1. The molecule has 2 N–H and O–H groups in total. The van der Waals surface area contributed by atoms with Crippen molar-refractivity contribution in [2.75, 3.05) is 5.32 Å². The summed E-state index contributed by atoms with van der Waals surface area (Å²) in [6.07, 6.45) is -0.802. The zero-order valence-corrected chi connectivity index (χ0v) is 21.7. The Morgan fingerprint density at radius 1 is 1.03 bits per heavy atom. The summed E-state index contributed by atoms with van der Waals surface area (Å²) in [6.45, 7) is 1.51. The van der Waals surface area contributed by atoms with Crippen LogP contribution in [0.3, 0.4) is 0 Å². The fraction of sp³-hybridized carbons (Fsp3) is 0.172. The van der Waals surface area contributed by atoms with Gasteiger partial charge in [0.25, 0.3) is 0 Å². The Hall–Kier alpha value is -3.75. The smallest absolute Gasteiger partial charge is 0.412 e. The van der Waals surface area contributed by atoms with Gasteiger partial charge in [-0.3, -0.25) is 10.1 Å². The highest BCUT2D eigenvalue weighted by Crippen LogP contribution is 2.51. The third kappa shape index (κ3) is 5.01. The van der Waals surface area contributed by atoms with Crippen molar-refractivity contribution in [2.24, 2.45) is 0 Å². The number of hydrogen-bond donors (Lipinski definition) is 2. The number of ether oxygens (including phenoxy) is 1. The predicted octanol–water partition coefficient (Wildman–Crippen LogP) is 8.44. The molecule has 9 heteroatoms. The third-order valence-electron chi connectivity index (χ3n) is 6.68. The van der Waals surface area contributed by atoms with Crippen LogP contribution in [0.5, 0.6) is 0 Å². The second-order valence-electron chi connectivity index (χ2n) is 9.15.